The van der Waals surface area contributed by atoms with E-state index < -0.39 is 11.2 Å². The molecule has 1 saturated heterocycles. The predicted molar refractivity (Wildman–Crippen MR) is 109 cm³/mol. The molecule has 1 fully saturated rings. The van der Waals surface area contributed by atoms with Crippen molar-refractivity contribution in [3.8, 4) is 0 Å². The van der Waals surface area contributed by atoms with Gasteiger partial charge in [0.1, 0.15) is 10.7 Å². The van der Waals surface area contributed by atoms with Gasteiger partial charge in [-0.05, 0) is 42.2 Å². The van der Waals surface area contributed by atoms with Crippen molar-refractivity contribution >= 4 is 34.2 Å². The third-order valence-corrected chi connectivity index (χ3v) is 5.85. The second-order valence-corrected chi connectivity index (χ2v) is 7.65. The van der Waals surface area contributed by atoms with Crippen LogP contribution in [0.4, 0.5) is 10.1 Å². The number of benzene rings is 1. The van der Waals surface area contributed by atoms with E-state index in [-0.39, 0.29) is 27.6 Å². The van der Waals surface area contributed by atoms with E-state index in [9.17, 15) is 18.8 Å². The fourth-order valence-corrected chi connectivity index (χ4v) is 4.28. The van der Waals surface area contributed by atoms with Crippen LogP contribution in [-0.4, -0.2) is 50.9 Å². The largest absolute Gasteiger partial charge is 0.368 e. The summed E-state index contributed by atoms with van der Waals surface area (Å²) in [6.45, 7) is 4.34. The number of piperazine rings is 1. The molecule has 10 heteroatoms. The van der Waals surface area contributed by atoms with Gasteiger partial charge in [0, 0.05) is 38.4 Å². The number of aromatic nitrogens is 3. The lowest BCUT2D eigenvalue weighted by atomic mass is 10.2. The molecule has 1 N–H and O–H groups in total. The van der Waals surface area contributed by atoms with Crippen molar-refractivity contribution < 1.29 is 9.18 Å². The quantitative estimate of drug-likeness (QED) is 0.697. The van der Waals surface area contributed by atoms with Crippen LogP contribution in [0.3, 0.4) is 0 Å². The molecular weight excluding hydrogens is 397 g/mol. The summed E-state index contributed by atoms with van der Waals surface area (Å²) in [5, 5.41) is 0. The number of carbonyl (C=O) groups is 1. The number of aromatic amines is 1. The Morgan fingerprint density at radius 3 is 2.52 bits per heavy atom. The molecule has 0 unspecified atom stereocenters. The minimum atomic E-state index is -0.528. The van der Waals surface area contributed by atoms with E-state index in [1.807, 2.05) is 6.92 Å². The van der Waals surface area contributed by atoms with Crippen LogP contribution in [-0.2, 0) is 6.54 Å². The van der Waals surface area contributed by atoms with Gasteiger partial charge in [-0.3, -0.25) is 14.2 Å². The number of H-pyrrole nitrogens is 1. The highest BCUT2D eigenvalue weighted by molar-refractivity contribution is 7.09. The standard InChI is InChI=1S/C19H20FN5O3S/c1-2-7-25-17(26)15-14(21-19(25)28)16(29-22-15)18(27)24-10-8-23(9-11-24)13-5-3-12(20)4-6-13/h3-6H,2,7-11H2,1H3,(H,21,28). The Morgan fingerprint density at radius 1 is 1.17 bits per heavy atom. The molecule has 1 aliphatic rings. The Morgan fingerprint density at radius 2 is 1.86 bits per heavy atom. The van der Waals surface area contributed by atoms with Crippen LogP contribution in [0.1, 0.15) is 23.0 Å². The van der Waals surface area contributed by atoms with E-state index >= 15 is 0 Å². The number of rotatable bonds is 4. The molecule has 0 saturated carbocycles. The lowest BCUT2D eigenvalue weighted by Crippen LogP contribution is -2.48. The third kappa shape index (κ3) is 3.55. The Bertz CT molecular complexity index is 1160. The minimum absolute atomic E-state index is 0.122. The van der Waals surface area contributed by atoms with Crippen molar-refractivity contribution in [3.05, 3.63) is 55.8 Å². The number of fused-ring (bicyclic) bond motifs is 1. The van der Waals surface area contributed by atoms with Crippen LogP contribution in [0, 0.1) is 5.82 Å². The average Bonchev–Trinajstić information content (AvgIpc) is 3.15. The summed E-state index contributed by atoms with van der Waals surface area (Å²) in [7, 11) is 0. The minimum Gasteiger partial charge on any atom is -0.368 e. The van der Waals surface area contributed by atoms with E-state index in [1.54, 1.807) is 17.0 Å². The maximum Gasteiger partial charge on any atom is 0.328 e. The zero-order valence-corrected chi connectivity index (χ0v) is 16.7. The Hall–Kier alpha value is -3.01. The molecule has 0 atom stereocenters. The topological polar surface area (TPSA) is 91.3 Å². The van der Waals surface area contributed by atoms with Crippen LogP contribution < -0.4 is 16.1 Å². The lowest BCUT2D eigenvalue weighted by Gasteiger charge is -2.35. The van der Waals surface area contributed by atoms with Gasteiger partial charge < -0.3 is 14.8 Å². The van der Waals surface area contributed by atoms with Crippen molar-refractivity contribution in [2.24, 2.45) is 0 Å². The fourth-order valence-electron chi connectivity index (χ4n) is 3.48. The number of anilines is 1. The highest BCUT2D eigenvalue weighted by atomic mass is 32.1. The van der Waals surface area contributed by atoms with Crippen molar-refractivity contribution in [1.82, 2.24) is 18.8 Å². The summed E-state index contributed by atoms with van der Waals surface area (Å²) in [5.74, 6) is -0.536. The second kappa shape index (κ2) is 7.78. The highest BCUT2D eigenvalue weighted by Gasteiger charge is 2.27. The molecule has 2 aromatic heterocycles. The first-order valence-corrected chi connectivity index (χ1v) is 10.2. The summed E-state index contributed by atoms with van der Waals surface area (Å²) in [5.41, 5.74) is 0.240. The SMILES string of the molecule is CCCn1c(=O)[nH]c2c(C(=O)N3CCN(c4ccc(F)cc4)CC3)snc2c1=O. The third-order valence-electron chi connectivity index (χ3n) is 5.02. The van der Waals surface area contributed by atoms with Gasteiger partial charge in [0.05, 0.1) is 5.52 Å². The van der Waals surface area contributed by atoms with Crippen LogP contribution in [0.2, 0.25) is 0 Å². The monoisotopic (exact) mass is 417 g/mol. The van der Waals surface area contributed by atoms with Gasteiger partial charge >= 0.3 is 5.69 Å². The van der Waals surface area contributed by atoms with Crippen molar-refractivity contribution in [1.29, 1.82) is 0 Å². The van der Waals surface area contributed by atoms with E-state index in [1.165, 1.54) is 12.1 Å². The van der Waals surface area contributed by atoms with Gasteiger partial charge in [0.25, 0.3) is 11.5 Å². The molecule has 1 aliphatic heterocycles. The fraction of sp³-hybridized carbons (Fsp3) is 0.368. The zero-order chi connectivity index (χ0) is 20.5. The summed E-state index contributed by atoms with van der Waals surface area (Å²) in [4.78, 5) is 44.4. The molecule has 1 aromatic carbocycles. The number of carbonyl (C=O) groups excluding carboxylic acids is 1. The average molecular weight is 417 g/mol. The Balaban J connectivity index is 1.55. The van der Waals surface area contributed by atoms with Crippen molar-refractivity contribution in [3.63, 3.8) is 0 Å². The Labute approximate surface area is 169 Å². The number of hydrogen-bond acceptors (Lipinski definition) is 6. The molecule has 8 nitrogen and oxygen atoms in total. The molecule has 3 aromatic rings. The number of halogens is 1. The van der Waals surface area contributed by atoms with Crippen LogP contribution in [0.25, 0.3) is 11.0 Å². The number of nitrogens with one attached hydrogen (secondary N) is 1. The number of amides is 1. The lowest BCUT2D eigenvalue weighted by molar-refractivity contribution is 0.0753. The normalized spacial score (nSPS) is 14.6. The first-order chi connectivity index (χ1) is 14.0. The van der Waals surface area contributed by atoms with E-state index in [0.717, 1.165) is 21.8 Å². The van der Waals surface area contributed by atoms with Gasteiger partial charge in [-0.1, -0.05) is 6.92 Å². The van der Waals surface area contributed by atoms with E-state index in [2.05, 4.69) is 14.3 Å². The predicted octanol–water partition coefficient (Wildman–Crippen LogP) is 1.66. The molecule has 29 heavy (non-hydrogen) atoms. The molecule has 0 bridgehead atoms. The molecular formula is C19H20FN5O3S. The second-order valence-electron chi connectivity index (χ2n) is 6.88. The van der Waals surface area contributed by atoms with Gasteiger partial charge in [-0.2, -0.15) is 4.37 Å². The summed E-state index contributed by atoms with van der Waals surface area (Å²) >= 11 is 0.933. The van der Waals surface area contributed by atoms with Crippen molar-refractivity contribution in [2.75, 3.05) is 31.1 Å². The maximum absolute atomic E-state index is 13.1. The first kappa shape index (κ1) is 19.3. The van der Waals surface area contributed by atoms with E-state index in [0.29, 0.717) is 39.1 Å². The van der Waals surface area contributed by atoms with Crippen LogP contribution >= 0.6 is 11.5 Å². The van der Waals surface area contributed by atoms with Gasteiger partial charge in [0.15, 0.2) is 5.52 Å². The molecule has 0 spiro atoms. The van der Waals surface area contributed by atoms with Gasteiger partial charge in [-0.25, -0.2) is 9.18 Å². The maximum atomic E-state index is 13.1. The summed E-state index contributed by atoms with van der Waals surface area (Å²) in [6, 6.07) is 6.27. The zero-order valence-electron chi connectivity index (χ0n) is 15.9. The Kier molecular flexibility index (Phi) is 5.18. The molecule has 1 amide bonds. The molecule has 152 valence electrons. The molecule has 3 heterocycles. The highest BCUT2D eigenvalue weighted by Crippen LogP contribution is 2.22. The first-order valence-electron chi connectivity index (χ1n) is 9.42. The number of hydrogen-bond donors (Lipinski definition) is 1. The molecule has 0 aliphatic carbocycles. The van der Waals surface area contributed by atoms with Gasteiger partial charge in [0.2, 0.25) is 0 Å². The van der Waals surface area contributed by atoms with Crippen LogP contribution in [0.5, 0.6) is 0 Å². The summed E-state index contributed by atoms with van der Waals surface area (Å²) in [6.07, 6.45) is 0.642. The van der Waals surface area contributed by atoms with E-state index in [4.69, 9.17) is 0 Å². The molecule has 4 rings (SSSR count). The van der Waals surface area contributed by atoms with Crippen LogP contribution in [0.15, 0.2) is 33.9 Å². The number of nitrogens with zero attached hydrogens (tertiary/aromatic N) is 4. The smallest absolute Gasteiger partial charge is 0.328 e. The van der Waals surface area contributed by atoms with Crippen molar-refractivity contribution in [2.45, 2.75) is 19.9 Å². The summed E-state index contributed by atoms with van der Waals surface area (Å²) < 4.78 is 18.3. The molecule has 0 radical (unpaired) electrons. The van der Waals surface area contributed by atoms with Gasteiger partial charge in [-0.15, -0.1) is 0 Å².